The first-order valence-corrected chi connectivity index (χ1v) is 14.9. The van der Waals surface area contributed by atoms with Crippen molar-refractivity contribution in [2.75, 3.05) is 39.8 Å². The number of carbonyl (C=O) groups is 2. The van der Waals surface area contributed by atoms with E-state index < -0.39 is 39.9 Å². The number of piperazine rings is 1. The summed E-state index contributed by atoms with van der Waals surface area (Å²) >= 11 is 7.04. The average molecular weight is 574 g/mol. The van der Waals surface area contributed by atoms with E-state index in [2.05, 4.69) is 4.90 Å². The number of carbonyl (C=O) groups excluding carboxylic acids is 1. The molecule has 200 valence electrons. The first kappa shape index (κ1) is 26.8. The van der Waals surface area contributed by atoms with Crippen LogP contribution in [0.15, 0.2) is 70.9 Å². The predicted octanol–water partition coefficient (Wildman–Crippen LogP) is 3.84. The van der Waals surface area contributed by atoms with Crippen LogP contribution in [0.25, 0.3) is 10.4 Å². The van der Waals surface area contributed by atoms with Crippen LogP contribution in [-0.2, 0) is 19.6 Å². The third-order valence-electron chi connectivity index (χ3n) is 7.34. The second kappa shape index (κ2) is 10.4. The molecule has 3 aromatic rings. The van der Waals surface area contributed by atoms with Crippen molar-refractivity contribution in [3.63, 3.8) is 0 Å². The molecule has 1 N–H and O–H groups in total. The Labute approximate surface area is 231 Å². The lowest BCUT2D eigenvalue weighted by Gasteiger charge is -2.35. The van der Waals surface area contributed by atoms with Crippen molar-refractivity contribution in [2.24, 2.45) is 0 Å². The van der Waals surface area contributed by atoms with Gasteiger partial charge >= 0.3 is 5.97 Å². The number of hydrogen-bond acceptors (Lipinski definition) is 6. The molecular formula is C27H28ClN3O5S2. The zero-order valence-corrected chi connectivity index (χ0v) is 23.2. The Morgan fingerprint density at radius 1 is 1.03 bits per heavy atom. The lowest BCUT2D eigenvalue weighted by Crippen LogP contribution is -2.55. The summed E-state index contributed by atoms with van der Waals surface area (Å²) in [7, 11) is -2.37. The monoisotopic (exact) mass is 573 g/mol. The quantitative estimate of drug-likeness (QED) is 0.440. The fourth-order valence-electron chi connectivity index (χ4n) is 5.01. The number of carboxylic acid groups (broad SMARTS) is 1. The van der Waals surface area contributed by atoms with E-state index in [9.17, 15) is 23.1 Å². The van der Waals surface area contributed by atoms with Gasteiger partial charge in [-0.05, 0) is 48.9 Å². The van der Waals surface area contributed by atoms with E-state index >= 15 is 0 Å². The fraction of sp³-hybridized carbons (Fsp3) is 0.333. The number of likely N-dealkylation sites (N-methyl/N-ethyl adjacent to an activating group) is 1. The van der Waals surface area contributed by atoms with Crippen molar-refractivity contribution in [2.45, 2.75) is 22.1 Å². The number of sulfonamides is 1. The van der Waals surface area contributed by atoms with Gasteiger partial charge in [0.2, 0.25) is 5.91 Å². The molecule has 2 heterocycles. The zero-order valence-electron chi connectivity index (χ0n) is 20.8. The summed E-state index contributed by atoms with van der Waals surface area (Å²) in [5.74, 6) is -2.21. The number of carboxylic acids is 1. The molecule has 2 fully saturated rings. The highest BCUT2D eigenvalue weighted by Crippen LogP contribution is 2.57. The minimum atomic E-state index is -4.33. The largest absolute Gasteiger partial charge is 0.480 e. The second-order valence-electron chi connectivity index (χ2n) is 9.72. The van der Waals surface area contributed by atoms with E-state index in [0.29, 0.717) is 36.1 Å². The minimum absolute atomic E-state index is 0.00651. The van der Waals surface area contributed by atoms with Gasteiger partial charge in [0.1, 0.15) is 9.75 Å². The Morgan fingerprint density at radius 3 is 2.32 bits per heavy atom. The van der Waals surface area contributed by atoms with Crippen molar-refractivity contribution in [1.29, 1.82) is 0 Å². The molecule has 1 saturated carbocycles. The molecule has 0 unspecified atom stereocenters. The van der Waals surface area contributed by atoms with Gasteiger partial charge in [-0.2, -0.15) is 4.31 Å². The summed E-state index contributed by atoms with van der Waals surface area (Å²) in [5.41, 5.74) is -0.218. The van der Waals surface area contributed by atoms with Crippen LogP contribution in [0.1, 0.15) is 17.9 Å². The maximum absolute atomic E-state index is 14.1. The van der Waals surface area contributed by atoms with E-state index in [4.69, 9.17) is 11.6 Å². The Balaban J connectivity index is 1.52. The highest BCUT2D eigenvalue weighted by molar-refractivity contribution is 7.91. The van der Waals surface area contributed by atoms with E-state index in [1.807, 2.05) is 13.1 Å². The lowest BCUT2D eigenvalue weighted by molar-refractivity contribution is -0.144. The van der Waals surface area contributed by atoms with Gasteiger partial charge in [0, 0.05) is 42.0 Å². The number of amides is 1. The van der Waals surface area contributed by atoms with Gasteiger partial charge in [-0.1, -0.05) is 54.1 Å². The van der Waals surface area contributed by atoms with Crippen LogP contribution in [0.3, 0.4) is 0 Å². The maximum Gasteiger partial charge on any atom is 0.325 e. The van der Waals surface area contributed by atoms with E-state index in [0.717, 1.165) is 26.8 Å². The number of aliphatic carboxylic acids is 1. The number of thiophene rings is 1. The molecule has 11 heteroatoms. The molecule has 1 aliphatic carbocycles. The van der Waals surface area contributed by atoms with Gasteiger partial charge in [0.15, 0.2) is 0 Å². The van der Waals surface area contributed by atoms with Gasteiger partial charge in [-0.3, -0.25) is 9.59 Å². The third-order valence-corrected chi connectivity index (χ3v) is 11.1. The Kier molecular flexibility index (Phi) is 7.36. The molecule has 5 rings (SSSR count). The molecule has 1 saturated heterocycles. The van der Waals surface area contributed by atoms with Crippen molar-refractivity contribution in [1.82, 2.24) is 14.1 Å². The molecule has 8 nitrogen and oxygen atoms in total. The molecule has 2 aromatic carbocycles. The fourth-order valence-corrected chi connectivity index (χ4v) is 8.28. The molecule has 2 aliphatic rings. The third kappa shape index (κ3) is 4.99. The van der Waals surface area contributed by atoms with Gasteiger partial charge < -0.3 is 14.9 Å². The van der Waals surface area contributed by atoms with Crippen LogP contribution in [0.4, 0.5) is 0 Å². The summed E-state index contributed by atoms with van der Waals surface area (Å²) in [5, 5.41) is 11.0. The molecular weight excluding hydrogens is 546 g/mol. The smallest absolute Gasteiger partial charge is 0.325 e. The molecule has 1 amide bonds. The second-order valence-corrected chi connectivity index (χ2v) is 13.3. The maximum atomic E-state index is 14.1. The molecule has 0 spiro atoms. The number of hydrogen-bond donors (Lipinski definition) is 1. The molecule has 0 radical (unpaired) electrons. The number of rotatable bonds is 8. The summed E-state index contributed by atoms with van der Waals surface area (Å²) in [6.07, 6.45) is 0.0943. The van der Waals surface area contributed by atoms with Crippen LogP contribution in [0, 0.1) is 0 Å². The summed E-state index contributed by atoms with van der Waals surface area (Å²) in [4.78, 5) is 30.6. The van der Waals surface area contributed by atoms with Crippen molar-refractivity contribution in [3.05, 3.63) is 77.3 Å². The number of nitrogens with zero attached hydrogens (tertiary/aromatic N) is 3. The summed E-state index contributed by atoms with van der Waals surface area (Å²) < 4.78 is 29.2. The highest BCUT2D eigenvalue weighted by atomic mass is 35.5. The van der Waals surface area contributed by atoms with Crippen LogP contribution in [0.2, 0.25) is 5.02 Å². The standard InChI is InChI=1S/C27H28ClN3O5S2/c1-29-13-15-30(16-14-29)24(32)18-31(27(26(33)34)17-22(27)19-5-3-2-4-6-19)38(35,36)25-12-11-23(37-25)20-7-9-21(28)10-8-20/h2-12,22H,13-18H2,1H3,(H,33,34)/t22-,27+/m1/s1. The molecule has 0 bridgehead atoms. The Bertz CT molecular complexity index is 1440. The average Bonchev–Trinajstić information content (AvgIpc) is 3.46. The van der Waals surface area contributed by atoms with Crippen LogP contribution < -0.4 is 0 Å². The van der Waals surface area contributed by atoms with E-state index in [1.54, 1.807) is 59.5 Å². The van der Waals surface area contributed by atoms with Gasteiger partial charge in [0.05, 0.1) is 6.54 Å². The van der Waals surface area contributed by atoms with Gasteiger partial charge in [-0.25, -0.2) is 8.42 Å². The van der Waals surface area contributed by atoms with Gasteiger partial charge in [0.25, 0.3) is 10.0 Å². The molecule has 1 aliphatic heterocycles. The first-order valence-electron chi connectivity index (χ1n) is 12.3. The highest BCUT2D eigenvalue weighted by Gasteiger charge is 2.68. The molecule has 38 heavy (non-hydrogen) atoms. The van der Waals surface area contributed by atoms with Crippen LogP contribution in [0.5, 0.6) is 0 Å². The molecule has 2 atom stereocenters. The first-order chi connectivity index (χ1) is 18.1. The Hall–Kier alpha value is -2.76. The number of halogens is 1. The van der Waals surface area contributed by atoms with Crippen molar-refractivity contribution >= 4 is 44.8 Å². The summed E-state index contributed by atoms with van der Waals surface area (Å²) in [6.45, 7) is 1.74. The zero-order chi connectivity index (χ0) is 27.1. The van der Waals surface area contributed by atoms with Crippen LogP contribution in [-0.4, -0.2) is 84.8 Å². The minimum Gasteiger partial charge on any atom is -0.480 e. The number of benzene rings is 2. The summed E-state index contributed by atoms with van der Waals surface area (Å²) in [6, 6.07) is 19.2. The SMILES string of the molecule is CN1CCN(C(=O)CN([C@@]2(C(=O)O)C[C@@H]2c2ccccc2)S(=O)(=O)c2ccc(-c3ccc(Cl)cc3)s2)CC1. The van der Waals surface area contributed by atoms with Crippen molar-refractivity contribution in [3.8, 4) is 10.4 Å². The van der Waals surface area contributed by atoms with Crippen LogP contribution >= 0.6 is 22.9 Å². The predicted molar refractivity (Wildman–Crippen MR) is 147 cm³/mol. The van der Waals surface area contributed by atoms with Gasteiger partial charge in [-0.15, -0.1) is 11.3 Å². The topological polar surface area (TPSA) is 98.2 Å². The molecule has 1 aromatic heterocycles. The Morgan fingerprint density at radius 2 is 1.68 bits per heavy atom. The van der Waals surface area contributed by atoms with E-state index in [1.165, 1.54) is 6.07 Å². The normalized spacial score (nSPS) is 22.0. The lowest BCUT2D eigenvalue weighted by atomic mass is 10.1. The van der Waals surface area contributed by atoms with Crippen molar-refractivity contribution < 1.29 is 23.1 Å². The van der Waals surface area contributed by atoms with E-state index in [-0.39, 0.29) is 10.6 Å².